The first kappa shape index (κ1) is 24.3. The average molecular weight is 477 g/mol. The number of ether oxygens (including phenoxy) is 3. The lowest BCUT2D eigenvalue weighted by Gasteiger charge is -2.32. The van der Waals surface area contributed by atoms with Gasteiger partial charge in [0.15, 0.2) is 23.7 Å². The van der Waals surface area contributed by atoms with Crippen LogP contribution >= 0.6 is 0 Å². The van der Waals surface area contributed by atoms with E-state index in [-0.39, 0.29) is 18.1 Å². The van der Waals surface area contributed by atoms with Gasteiger partial charge >= 0.3 is 0 Å². The summed E-state index contributed by atoms with van der Waals surface area (Å²) in [5.41, 5.74) is 3.08. The molecule has 0 fully saturated rings. The highest BCUT2D eigenvalue weighted by Crippen LogP contribution is 2.45. The van der Waals surface area contributed by atoms with E-state index in [1.165, 1.54) is 25.3 Å². The molecule has 7 nitrogen and oxygen atoms in total. The maximum atomic E-state index is 10.4. The maximum absolute atomic E-state index is 10.4. The van der Waals surface area contributed by atoms with E-state index in [0.29, 0.717) is 39.3 Å². The number of hydrogen-bond donors (Lipinski definition) is 4. The van der Waals surface area contributed by atoms with E-state index in [1.54, 1.807) is 48.5 Å². The van der Waals surface area contributed by atoms with Crippen molar-refractivity contribution in [1.29, 1.82) is 0 Å². The topological polar surface area (TPSA) is 109 Å². The Bertz CT molecular complexity index is 1240. The second kappa shape index (κ2) is 10.2. The number of phenolic OH excluding ortho intramolecular Hbond substituents is 1. The molecule has 0 spiro atoms. The van der Waals surface area contributed by atoms with Gasteiger partial charge in [-0.3, -0.25) is 0 Å². The van der Waals surface area contributed by atoms with Crippen LogP contribution in [0.3, 0.4) is 0 Å². The van der Waals surface area contributed by atoms with Crippen molar-refractivity contribution in [2.24, 2.45) is 0 Å². The van der Waals surface area contributed by atoms with Gasteiger partial charge in [0.25, 0.3) is 0 Å². The van der Waals surface area contributed by atoms with Crippen molar-refractivity contribution in [2.45, 2.75) is 24.4 Å². The van der Waals surface area contributed by atoms with Crippen LogP contribution in [0.2, 0.25) is 0 Å². The molecule has 1 aliphatic heterocycles. The molecule has 4 atom stereocenters. The Morgan fingerprint density at radius 2 is 1.46 bits per heavy atom. The molecule has 3 aromatic rings. The molecule has 0 radical (unpaired) electrons. The first-order chi connectivity index (χ1) is 16.9. The normalized spacial score (nSPS) is 18.4. The molecule has 0 saturated heterocycles. The third-order valence-electron chi connectivity index (χ3n) is 6.01. The molecule has 0 bridgehead atoms. The molecule has 3 aromatic carbocycles. The van der Waals surface area contributed by atoms with E-state index < -0.39 is 24.4 Å². The molecule has 1 heterocycles. The third kappa shape index (κ3) is 4.74. The largest absolute Gasteiger partial charge is 0.504 e. The van der Waals surface area contributed by atoms with Gasteiger partial charge in [0.1, 0.15) is 11.5 Å². The van der Waals surface area contributed by atoms with Gasteiger partial charge in [0.2, 0.25) is 0 Å². The third-order valence-corrected chi connectivity index (χ3v) is 6.01. The Hall–Kier alpha value is -3.78. The minimum atomic E-state index is -0.889. The summed E-state index contributed by atoms with van der Waals surface area (Å²) in [5.74, 6) is 1.19. The number of phenols is 1. The molecule has 4 N–H and O–H groups in total. The molecule has 7 heteroatoms. The first-order valence-corrected chi connectivity index (χ1v) is 11.1. The molecule has 0 saturated carbocycles. The molecule has 1 aliphatic rings. The minimum absolute atomic E-state index is 0.0225. The van der Waals surface area contributed by atoms with E-state index in [0.717, 1.165) is 0 Å². The van der Waals surface area contributed by atoms with E-state index in [2.05, 4.69) is 13.2 Å². The first-order valence-electron chi connectivity index (χ1n) is 11.1. The second-order valence-corrected chi connectivity index (χ2v) is 8.18. The van der Waals surface area contributed by atoms with Crippen LogP contribution in [0.15, 0.2) is 79.9 Å². The van der Waals surface area contributed by atoms with Gasteiger partial charge in [0, 0.05) is 16.7 Å². The van der Waals surface area contributed by atoms with Crippen molar-refractivity contribution in [3.05, 3.63) is 96.6 Å². The van der Waals surface area contributed by atoms with Crippen LogP contribution in [0, 0.1) is 0 Å². The molecular weight excluding hydrogens is 448 g/mol. The summed E-state index contributed by atoms with van der Waals surface area (Å²) in [4.78, 5) is 0. The fourth-order valence-electron chi connectivity index (χ4n) is 4.09. The number of rotatable bonds is 7. The van der Waals surface area contributed by atoms with Crippen molar-refractivity contribution < 1.29 is 34.6 Å². The lowest BCUT2D eigenvalue weighted by Crippen LogP contribution is -2.34. The smallest absolute Gasteiger partial charge is 0.163 e. The van der Waals surface area contributed by atoms with Crippen LogP contribution in [0.4, 0.5) is 0 Å². The summed E-state index contributed by atoms with van der Waals surface area (Å²) < 4.78 is 17.9. The highest BCUT2D eigenvalue weighted by atomic mass is 16.6. The van der Waals surface area contributed by atoms with Gasteiger partial charge < -0.3 is 34.6 Å². The Balaban J connectivity index is 1.91. The van der Waals surface area contributed by atoms with E-state index >= 15 is 0 Å². The Morgan fingerprint density at radius 3 is 1.97 bits per heavy atom. The molecule has 35 heavy (non-hydrogen) atoms. The highest BCUT2D eigenvalue weighted by Gasteiger charge is 2.32. The SMILES string of the molecule is C=CC(O)c1ccc2c(c1)-c1cc(C(O)C=C)ccc1OC(c1ccc(O)c(OC)c1)C(CO)O2. The van der Waals surface area contributed by atoms with Crippen LogP contribution in [0.1, 0.15) is 35.0 Å². The molecule has 0 aliphatic carbocycles. The van der Waals surface area contributed by atoms with Crippen molar-refractivity contribution >= 4 is 0 Å². The lowest BCUT2D eigenvalue weighted by molar-refractivity contribution is 0.0132. The van der Waals surface area contributed by atoms with Gasteiger partial charge in [-0.1, -0.05) is 30.4 Å². The molecule has 0 amide bonds. The van der Waals surface area contributed by atoms with Crippen molar-refractivity contribution in [3.63, 3.8) is 0 Å². The Morgan fingerprint density at radius 1 is 0.886 bits per heavy atom. The number of aliphatic hydroxyl groups is 3. The van der Waals surface area contributed by atoms with Gasteiger partial charge in [-0.05, 0) is 47.5 Å². The van der Waals surface area contributed by atoms with Crippen LogP contribution in [-0.4, -0.2) is 40.2 Å². The number of methoxy groups -OCH3 is 1. The number of benzene rings is 3. The number of aromatic hydroxyl groups is 1. The zero-order valence-corrected chi connectivity index (χ0v) is 19.3. The van der Waals surface area contributed by atoms with Crippen LogP contribution in [0.5, 0.6) is 23.0 Å². The van der Waals surface area contributed by atoms with Gasteiger partial charge in [-0.2, -0.15) is 0 Å². The van der Waals surface area contributed by atoms with E-state index in [9.17, 15) is 20.4 Å². The monoisotopic (exact) mass is 476 g/mol. The summed E-state index contributed by atoms with van der Waals surface area (Å²) in [5, 5.41) is 41.0. The summed E-state index contributed by atoms with van der Waals surface area (Å²) in [6.07, 6.45) is -0.484. The Labute approximate surface area is 203 Å². The zero-order valence-electron chi connectivity index (χ0n) is 19.3. The van der Waals surface area contributed by atoms with Gasteiger partial charge in [0.05, 0.1) is 25.9 Å². The van der Waals surface area contributed by atoms with Gasteiger partial charge in [-0.15, -0.1) is 13.2 Å². The van der Waals surface area contributed by atoms with Gasteiger partial charge in [-0.25, -0.2) is 0 Å². The molecular formula is C28H28O7. The summed E-state index contributed by atoms with van der Waals surface area (Å²) in [6.45, 7) is 6.96. The molecule has 0 aromatic heterocycles. The van der Waals surface area contributed by atoms with E-state index in [4.69, 9.17) is 14.2 Å². The number of aliphatic hydroxyl groups excluding tert-OH is 3. The van der Waals surface area contributed by atoms with Crippen LogP contribution < -0.4 is 14.2 Å². The molecule has 182 valence electrons. The number of fused-ring (bicyclic) bond motifs is 3. The lowest BCUT2D eigenvalue weighted by atomic mass is 9.94. The van der Waals surface area contributed by atoms with Crippen LogP contribution in [0.25, 0.3) is 11.1 Å². The fraction of sp³-hybridized carbons (Fsp3) is 0.214. The quantitative estimate of drug-likeness (QED) is 0.375. The zero-order chi connectivity index (χ0) is 25.1. The standard InChI is InChI=1S/C28H28O7/c1-4-21(30)16-7-10-24-19(12-16)20-13-17(22(31)5-2)8-11-25(20)35-28(27(15-29)34-24)18-6-9-23(32)26(14-18)33-3/h4-14,21-22,27-32H,1-2,15H2,3H3. The van der Waals surface area contributed by atoms with Crippen molar-refractivity contribution in [3.8, 4) is 34.1 Å². The molecule has 4 rings (SSSR count). The Kier molecular flexibility index (Phi) is 7.12. The molecule has 4 unspecified atom stereocenters. The predicted molar refractivity (Wildman–Crippen MR) is 132 cm³/mol. The summed E-state index contributed by atoms with van der Waals surface area (Å²) in [7, 11) is 1.45. The van der Waals surface area contributed by atoms with Crippen molar-refractivity contribution in [1.82, 2.24) is 0 Å². The average Bonchev–Trinajstić information content (AvgIpc) is 2.89. The highest BCUT2D eigenvalue weighted by molar-refractivity contribution is 5.78. The summed E-state index contributed by atoms with van der Waals surface area (Å²) >= 11 is 0. The fourth-order valence-corrected chi connectivity index (χ4v) is 4.09. The minimum Gasteiger partial charge on any atom is -0.504 e. The maximum Gasteiger partial charge on any atom is 0.163 e. The summed E-state index contributed by atoms with van der Waals surface area (Å²) in [6, 6.07) is 15.3. The second-order valence-electron chi connectivity index (χ2n) is 8.18. The van der Waals surface area contributed by atoms with E-state index in [1.807, 2.05) is 0 Å². The number of hydrogen-bond acceptors (Lipinski definition) is 7. The predicted octanol–water partition coefficient (Wildman–Crippen LogP) is 4.38. The van der Waals surface area contributed by atoms with Crippen LogP contribution in [-0.2, 0) is 0 Å². The van der Waals surface area contributed by atoms with Crippen molar-refractivity contribution in [2.75, 3.05) is 13.7 Å².